The minimum atomic E-state index is -2.95. The number of sulfone groups is 1. The Kier molecular flexibility index (Phi) is 4.91. The number of aromatic nitrogens is 1. The second-order valence-electron chi connectivity index (χ2n) is 6.43. The van der Waals surface area contributed by atoms with E-state index in [1.54, 1.807) is 10.3 Å². The zero-order valence-corrected chi connectivity index (χ0v) is 15.2. The summed E-state index contributed by atoms with van der Waals surface area (Å²) >= 11 is 1.15. The first-order valence-electron chi connectivity index (χ1n) is 8.13. The standard InChI is InChI=1S/C15H21N3O4S2/c1-10-3-2-6-18(10)15(20)12-9-23-14(17-12)13(19)16-11-4-7-24(21,22)8-5-11/h9-11H,2-8H2,1H3,(H,16,19)/t10-/m0/s1. The van der Waals surface area contributed by atoms with E-state index in [9.17, 15) is 18.0 Å². The lowest BCUT2D eigenvalue weighted by Crippen LogP contribution is -2.40. The van der Waals surface area contributed by atoms with Gasteiger partial charge in [0.15, 0.2) is 5.01 Å². The second kappa shape index (κ2) is 6.79. The molecule has 3 rings (SSSR count). The van der Waals surface area contributed by atoms with Crippen LogP contribution in [0.2, 0.25) is 0 Å². The summed E-state index contributed by atoms with van der Waals surface area (Å²) < 4.78 is 22.8. The third-order valence-corrected chi connectivity index (χ3v) is 7.18. The molecule has 0 aliphatic carbocycles. The van der Waals surface area contributed by atoms with E-state index >= 15 is 0 Å². The van der Waals surface area contributed by atoms with Gasteiger partial charge in [-0.25, -0.2) is 13.4 Å². The summed E-state index contributed by atoms with van der Waals surface area (Å²) in [6.45, 7) is 2.75. The topological polar surface area (TPSA) is 96.4 Å². The summed E-state index contributed by atoms with van der Waals surface area (Å²) in [5, 5.41) is 4.69. The Labute approximate surface area is 145 Å². The number of nitrogens with zero attached hydrogens (tertiary/aromatic N) is 2. The van der Waals surface area contributed by atoms with Gasteiger partial charge in [-0.2, -0.15) is 0 Å². The first-order chi connectivity index (χ1) is 11.4. The van der Waals surface area contributed by atoms with Gasteiger partial charge >= 0.3 is 0 Å². The van der Waals surface area contributed by atoms with Gasteiger partial charge in [-0.1, -0.05) is 0 Å². The molecule has 0 saturated carbocycles. The van der Waals surface area contributed by atoms with Gasteiger partial charge in [-0.15, -0.1) is 11.3 Å². The van der Waals surface area contributed by atoms with Crippen LogP contribution in [0.25, 0.3) is 0 Å². The summed E-state index contributed by atoms with van der Waals surface area (Å²) in [7, 11) is -2.95. The van der Waals surface area contributed by atoms with Crippen molar-refractivity contribution in [2.45, 2.75) is 44.7 Å². The average molecular weight is 371 g/mol. The van der Waals surface area contributed by atoms with E-state index in [-0.39, 0.29) is 40.4 Å². The molecule has 1 atom stereocenters. The van der Waals surface area contributed by atoms with Gasteiger partial charge in [0.25, 0.3) is 11.8 Å². The molecule has 1 aromatic rings. The molecule has 2 saturated heterocycles. The highest BCUT2D eigenvalue weighted by Crippen LogP contribution is 2.21. The van der Waals surface area contributed by atoms with E-state index in [0.29, 0.717) is 18.5 Å². The molecule has 2 amide bonds. The number of hydrogen-bond donors (Lipinski definition) is 1. The number of amides is 2. The molecule has 24 heavy (non-hydrogen) atoms. The fourth-order valence-electron chi connectivity index (χ4n) is 3.14. The predicted octanol–water partition coefficient (Wildman–Crippen LogP) is 1.07. The van der Waals surface area contributed by atoms with Crippen LogP contribution >= 0.6 is 11.3 Å². The molecular formula is C15H21N3O4S2. The van der Waals surface area contributed by atoms with E-state index in [1.807, 2.05) is 6.92 Å². The average Bonchev–Trinajstić information content (AvgIpc) is 3.18. The Hall–Kier alpha value is -1.48. The van der Waals surface area contributed by atoms with Crippen LogP contribution in [0, 0.1) is 0 Å². The molecule has 2 fully saturated rings. The largest absolute Gasteiger partial charge is 0.347 e. The number of thiazole rings is 1. The van der Waals surface area contributed by atoms with Crippen molar-refractivity contribution >= 4 is 33.0 Å². The smallest absolute Gasteiger partial charge is 0.280 e. The maximum atomic E-state index is 12.4. The molecule has 0 unspecified atom stereocenters. The van der Waals surface area contributed by atoms with Crippen LogP contribution in [0.5, 0.6) is 0 Å². The van der Waals surface area contributed by atoms with Crippen molar-refractivity contribution < 1.29 is 18.0 Å². The lowest BCUT2D eigenvalue weighted by Gasteiger charge is -2.22. The zero-order chi connectivity index (χ0) is 17.3. The molecule has 0 aromatic carbocycles. The normalized spacial score (nSPS) is 24.0. The molecule has 0 radical (unpaired) electrons. The van der Waals surface area contributed by atoms with Crippen molar-refractivity contribution in [2.75, 3.05) is 18.1 Å². The van der Waals surface area contributed by atoms with Crippen LogP contribution in [0.4, 0.5) is 0 Å². The van der Waals surface area contributed by atoms with E-state index in [2.05, 4.69) is 10.3 Å². The third-order valence-electron chi connectivity index (χ3n) is 4.62. The fraction of sp³-hybridized carbons (Fsp3) is 0.667. The fourth-order valence-corrected chi connectivity index (χ4v) is 5.33. The highest BCUT2D eigenvalue weighted by molar-refractivity contribution is 7.91. The van der Waals surface area contributed by atoms with Crippen LogP contribution in [0.1, 0.15) is 52.9 Å². The summed E-state index contributed by atoms with van der Waals surface area (Å²) in [6, 6.07) is 0.0587. The highest BCUT2D eigenvalue weighted by Gasteiger charge is 2.29. The van der Waals surface area contributed by atoms with E-state index in [4.69, 9.17) is 0 Å². The van der Waals surface area contributed by atoms with Gasteiger partial charge < -0.3 is 10.2 Å². The first kappa shape index (κ1) is 17.3. The van der Waals surface area contributed by atoms with Crippen molar-refractivity contribution in [1.29, 1.82) is 0 Å². The zero-order valence-electron chi connectivity index (χ0n) is 13.5. The van der Waals surface area contributed by atoms with Crippen LogP contribution in [0.3, 0.4) is 0 Å². The van der Waals surface area contributed by atoms with Gasteiger partial charge in [-0.05, 0) is 32.6 Å². The van der Waals surface area contributed by atoms with E-state index in [1.165, 1.54) is 0 Å². The number of nitrogens with one attached hydrogen (secondary N) is 1. The molecule has 1 N–H and O–H groups in total. The Morgan fingerprint density at radius 3 is 2.62 bits per heavy atom. The summed E-state index contributed by atoms with van der Waals surface area (Å²) in [4.78, 5) is 30.7. The lowest BCUT2D eigenvalue weighted by molar-refractivity contribution is 0.0742. The van der Waals surface area contributed by atoms with Crippen LogP contribution in [-0.2, 0) is 9.84 Å². The molecule has 7 nitrogen and oxygen atoms in total. The van der Waals surface area contributed by atoms with Crippen molar-refractivity contribution in [1.82, 2.24) is 15.2 Å². The first-order valence-corrected chi connectivity index (χ1v) is 10.8. The van der Waals surface area contributed by atoms with Gasteiger partial charge in [0.1, 0.15) is 15.5 Å². The molecule has 9 heteroatoms. The number of rotatable bonds is 3. The maximum Gasteiger partial charge on any atom is 0.280 e. The predicted molar refractivity (Wildman–Crippen MR) is 91.0 cm³/mol. The molecule has 1 aromatic heterocycles. The van der Waals surface area contributed by atoms with Gasteiger partial charge in [0.2, 0.25) is 0 Å². The van der Waals surface area contributed by atoms with E-state index in [0.717, 1.165) is 30.7 Å². The second-order valence-corrected chi connectivity index (χ2v) is 9.59. The van der Waals surface area contributed by atoms with Crippen LogP contribution in [0.15, 0.2) is 5.38 Å². The van der Waals surface area contributed by atoms with Crippen molar-refractivity contribution in [3.05, 3.63) is 16.1 Å². The molecule has 0 spiro atoms. The summed E-state index contributed by atoms with van der Waals surface area (Å²) in [5.74, 6) is -0.254. The molecule has 2 aliphatic heterocycles. The number of carbonyl (C=O) groups is 2. The van der Waals surface area contributed by atoms with E-state index < -0.39 is 9.84 Å². The Morgan fingerprint density at radius 1 is 1.29 bits per heavy atom. The van der Waals surface area contributed by atoms with Crippen molar-refractivity contribution in [3.63, 3.8) is 0 Å². The minimum Gasteiger partial charge on any atom is -0.347 e. The van der Waals surface area contributed by atoms with Crippen LogP contribution in [-0.4, -0.2) is 60.3 Å². The summed E-state index contributed by atoms with van der Waals surface area (Å²) in [6.07, 6.45) is 2.84. The lowest BCUT2D eigenvalue weighted by atomic mass is 10.1. The Balaban J connectivity index is 1.61. The number of carbonyl (C=O) groups excluding carboxylic acids is 2. The van der Waals surface area contributed by atoms with Gasteiger partial charge in [0.05, 0.1) is 11.5 Å². The molecule has 2 aliphatic rings. The number of hydrogen-bond acceptors (Lipinski definition) is 6. The summed E-state index contributed by atoms with van der Waals surface area (Å²) in [5.41, 5.74) is 0.310. The SMILES string of the molecule is C[C@H]1CCCN1C(=O)c1csc(C(=O)NC2CCS(=O)(=O)CC2)n1. The molecule has 3 heterocycles. The van der Waals surface area contributed by atoms with Crippen molar-refractivity contribution in [2.24, 2.45) is 0 Å². The van der Waals surface area contributed by atoms with Gasteiger partial charge in [-0.3, -0.25) is 9.59 Å². The van der Waals surface area contributed by atoms with Crippen LogP contribution < -0.4 is 5.32 Å². The van der Waals surface area contributed by atoms with Crippen molar-refractivity contribution in [3.8, 4) is 0 Å². The number of likely N-dealkylation sites (tertiary alicyclic amines) is 1. The Morgan fingerprint density at radius 2 is 2.00 bits per heavy atom. The molecule has 132 valence electrons. The van der Waals surface area contributed by atoms with Gasteiger partial charge in [0, 0.05) is 24.0 Å². The Bertz CT molecular complexity index is 730. The maximum absolute atomic E-state index is 12.4. The highest BCUT2D eigenvalue weighted by atomic mass is 32.2. The molecule has 0 bridgehead atoms. The molecular weight excluding hydrogens is 350 g/mol. The third kappa shape index (κ3) is 3.77. The minimum absolute atomic E-state index is 0.104. The quantitative estimate of drug-likeness (QED) is 0.857. The monoisotopic (exact) mass is 371 g/mol.